The molecular formula is C16H15NS. The Morgan fingerprint density at radius 1 is 1.00 bits per heavy atom. The lowest BCUT2D eigenvalue weighted by Gasteiger charge is -2.11. The Morgan fingerprint density at radius 2 is 1.72 bits per heavy atom. The third kappa shape index (κ3) is 2.04. The molecule has 0 bridgehead atoms. The molecule has 1 aromatic heterocycles. The van der Waals surface area contributed by atoms with Crippen molar-refractivity contribution in [2.45, 2.75) is 19.3 Å². The summed E-state index contributed by atoms with van der Waals surface area (Å²) >= 11 is 1.81. The minimum Gasteiger partial charge on any atom is -0.241 e. The molecule has 0 aliphatic carbocycles. The fourth-order valence-electron chi connectivity index (χ4n) is 2.28. The monoisotopic (exact) mass is 253 g/mol. The molecule has 90 valence electrons. The van der Waals surface area contributed by atoms with Gasteiger partial charge in [0.1, 0.15) is 5.01 Å². The number of nitrogens with zero attached hydrogens (tertiary/aromatic N) is 1. The first kappa shape index (κ1) is 11.4. The first-order chi connectivity index (χ1) is 8.88. The lowest BCUT2D eigenvalue weighted by atomic mass is 9.97. The van der Waals surface area contributed by atoms with Crippen LogP contribution < -0.4 is 0 Å². The molecule has 0 saturated heterocycles. The highest BCUT2D eigenvalue weighted by Gasteiger charge is 2.16. The number of thiazole rings is 1. The second kappa shape index (κ2) is 4.91. The van der Waals surface area contributed by atoms with Gasteiger partial charge in [0.25, 0.3) is 0 Å². The number of benzene rings is 2. The maximum atomic E-state index is 4.78. The molecule has 1 unspecified atom stereocenters. The summed E-state index contributed by atoms with van der Waals surface area (Å²) in [4.78, 5) is 4.78. The van der Waals surface area contributed by atoms with Crippen LogP contribution in [-0.4, -0.2) is 4.98 Å². The highest BCUT2D eigenvalue weighted by Crippen LogP contribution is 2.33. The Bertz CT molecular complexity index is 609. The van der Waals surface area contributed by atoms with E-state index in [0.29, 0.717) is 5.92 Å². The largest absolute Gasteiger partial charge is 0.241 e. The summed E-state index contributed by atoms with van der Waals surface area (Å²) in [7, 11) is 0. The van der Waals surface area contributed by atoms with E-state index in [0.717, 1.165) is 11.9 Å². The summed E-state index contributed by atoms with van der Waals surface area (Å²) in [6.07, 6.45) is 1.09. The third-order valence-electron chi connectivity index (χ3n) is 3.22. The summed E-state index contributed by atoms with van der Waals surface area (Å²) in [6.45, 7) is 2.23. The van der Waals surface area contributed by atoms with Crippen LogP contribution in [0.5, 0.6) is 0 Å². The van der Waals surface area contributed by atoms with Gasteiger partial charge in [-0.25, -0.2) is 4.98 Å². The van der Waals surface area contributed by atoms with Crippen molar-refractivity contribution in [2.24, 2.45) is 0 Å². The Hall–Kier alpha value is -1.67. The summed E-state index contributed by atoms with van der Waals surface area (Å²) in [5, 5.41) is 1.23. The van der Waals surface area contributed by atoms with Crippen LogP contribution in [0.15, 0.2) is 54.6 Å². The number of para-hydroxylation sites is 1. The number of hydrogen-bond acceptors (Lipinski definition) is 2. The van der Waals surface area contributed by atoms with E-state index in [1.54, 1.807) is 0 Å². The molecule has 0 N–H and O–H groups in total. The number of rotatable bonds is 3. The predicted octanol–water partition coefficient (Wildman–Crippen LogP) is 4.84. The van der Waals surface area contributed by atoms with Gasteiger partial charge in [-0.2, -0.15) is 0 Å². The fourth-order valence-corrected chi connectivity index (χ4v) is 3.46. The Balaban J connectivity index is 2.06. The van der Waals surface area contributed by atoms with E-state index in [1.807, 2.05) is 11.3 Å². The van der Waals surface area contributed by atoms with Gasteiger partial charge in [-0.1, -0.05) is 49.4 Å². The Kier molecular flexibility index (Phi) is 3.11. The molecule has 0 amide bonds. The van der Waals surface area contributed by atoms with Gasteiger partial charge >= 0.3 is 0 Å². The van der Waals surface area contributed by atoms with Crippen molar-refractivity contribution in [3.63, 3.8) is 0 Å². The predicted molar refractivity (Wildman–Crippen MR) is 78.2 cm³/mol. The number of aromatic nitrogens is 1. The smallest absolute Gasteiger partial charge is 0.101 e. The average Bonchev–Trinajstić information content (AvgIpc) is 2.84. The molecule has 1 nitrogen and oxygen atoms in total. The maximum absolute atomic E-state index is 4.78. The zero-order valence-electron chi connectivity index (χ0n) is 10.3. The van der Waals surface area contributed by atoms with E-state index in [9.17, 15) is 0 Å². The van der Waals surface area contributed by atoms with Crippen molar-refractivity contribution in [3.8, 4) is 0 Å². The van der Waals surface area contributed by atoms with Crippen molar-refractivity contribution >= 4 is 21.6 Å². The summed E-state index contributed by atoms with van der Waals surface area (Å²) < 4.78 is 1.28. The van der Waals surface area contributed by atoms with E-state index in [-0.39, 0.29) is 0 Å². The van der Waals surface area contributed by atoms with Gasteiger partial charge in [-0.15, -0.1) is 11.3 Å². The summed E-state index contributed by atoms with van der Waals surface area (Å²) in [6, 6.07) is 19.0. The van der Waals surface area contributed by atoms with Crippen LogP contribution in [0, 0.1) is 0 Å². The van der Waals surface area contributed by atoms with Gasteiger partial charge in [-0.05, 0) is 24.1 Å². The first-order valence-electron chi connectivity index (χ1n) is 6.29. The van der Waals surface area contributed by atoms with Crippen LogP contribution >= 0.6 is 11.3 Å². The number of fused-ring (bicyclic) bond motifs is 1. The van der Waals surface area contributed by atoms with E-state index >= 15 is 0 Å². The van der Waals surface area contributed by atoms with Gasteiger partial charge < -0.3 is 0 Å². The lowest BCUT2D eigenvalue weighted by Crippen LogP contribution is -1.98. The minimum atomic E-state index is 0.420. The van der Waals surface area contributed by atoms with Crippen LogP contribution in [0.2, 0.25) is 0 Å². The minimum absolute atomic E-state index is 0.420. The average molecular weight is 253 g/mol. The summed E-state index contributed by atoms with van der Waals surface area (Å²) in [5.41, 5.74) is 2.48. The maximum Gasteiger partial charge on any atom is 0.101 e. The molecule has 0 spiro atoms. The van der Waals surface area contributed by atoms with Crippen molar-refractivity contribution in [3.05, 3.63) is 65.2 Å². The molecule has 0 saturated carbocycles. The number of hydrogen-bond donors (Lipinski definition) is 0. The van der Waals surface area contributed by atoms with Crippen LogP contribution in [-0.2, 0) is 0 Å². The van der Waals surface area contributed by atoms with E-state index < -0.39 is 0 Å². The highest BCUT2D eigenvalue weighted by atomic mass is 32.1. The van der Waals surface area contributed by atoms with Gasteiger partial charge in [0.05, 0.1) is 10.2 Å². The zero-order valence-corrected chi connectivity index (χ0v) is 11.2. The van der Waals surface area contributed by atoms with E-state index in [1.165, 1.54) is 15.3 Å². The molecule has 0 fully saturated rings. The van der Waals surface area contributed by atoms with Gasteiger partial charge in [0, 0.05) is 5.92 Å². The van der Waals surface area contributed by atoms with Crippen molar-refractivity contribution in [2.75, 3.05) is 0 Å². The third-order valence-corrected chi connectivity index (χ3v) is 4.37. The molecule has 0 aliphatic heterocycles. The molecule has 0 aliphatic rings. The fraction of sp³-hybridized carbons (Fsp3) is 0.188. The standard InChI is InChI=1S/C16H15NS/c1-2-13(12-8-4-3-5-9-12)16-17-14-10-6-7-11-15(14)18-16/h3-11,13H,2H2,1H3. The van der Waals surface area contributed by atoms with E-state index in [4.69, 9.17) is 4.98 Å². The topological polar surface area (TPSA) is 12.9 Å². The molecule has 2 heteroatoms. The lowest BCUT2D eigenvalue weighted by molar-refractivity contribution is 0.772. The van der Waals surface area contributed by atoms with E-state index in [2.05, 4.69) is 61.5 Å². The second-order valence-corrected chi connectivity index (χ2v) is 5.45. The molecule has 2 aromatic carbocycles. The van der Waals surface area contributed by atoms with Crippen molar-refractivity contribution < 1.29 is 0 Å². The molecular weight excluding hydrogens is 238 g/mol. The molecule has 0 radical (unpaired) electrons. The second-order valence-electron chi connectivity index (χ2n) is 4.39. The Morgan fingerprint density at radius 3 is 2.44 bits per heavy atom. The molecule has 3 rings (SSSR count). The first-order valence-corrected chi connectivity index (χ1v) is 7.10. The van der Waals surface area contributed by atoms with Crippen molar-refractivity contribution in [1.82, 2.24) is 4.98 Å². The molecule has 3 aromatic rings. The quantitative estimate of drug-likeness (QED) is 0.651. The molecule has 18 heavy (non-hydrogen) atoms. The zero-order chi connectivity index (χ0) is 12.4. The van der Waals surface area contributed by atoms with Crippen LogP contribution in [0.3, 0.4) is 0 Å². The molecule has 1 heterocycles. The SMILES string of the molecule is CCC(c1ccccc1)c1nc2ccccc2s1. The highest BCUT2D eigenvalue weighted by molar-refractivity contribution is 7.18. The van der Waals surface area contributed by atoms with Crippen LogP contribution in [0.25, 0.3) is 10.2 Å². The van der Waals surface area contributed by atoms with Crippen LogP contribution in [0.4, 0.5) is 0 Å². The van der Waals surface area contributed by atoms with Crippen molar-refractivity contribution in [1.29, 1.82) is 0 Å². The Labute approximate surface area is 111 Å². The summed E-state index contributed by atoms with van der Waals surface area (Å²) in [5.74, 6) is 0.420. The van der Waals surface area contributed by atoms with Crippen LogP contribution in [0.1, 0.15) is 29.8 Å². The normalized spacial score (nSPS) is 12.7. The van der Waals surface area contributed by atoms with Gasteiger partial charge in [0.15, 0.2) is 0 Å². The molecule has 1 atom stereocenters. The van der Waals surface area contributed by atoms with Gasteiger partial charge in [0.2, 0.25) is 0 Å². The van der Waals surface area contributed by atoms with Gasteiger partial charge in [-0.3, -0.25) is 0 Å².